The number of hydrogen-bond acceptors (Lipinski definition) is 6. The minimum absolute atomic E-state index is 0.0968. The highest BCUT2D eigenvalue weighted by molar-refractivity contribution is 6.01. The Kier molecular flexibility index (Phi) is 4.98. The van der Waals surface area contributed by atoms with Crippen LogP contribution in [0, 0.1) is 17.0 Å². The van der Waals surface area contributed by atoms with Crippen LogP contribution in [0.25, 0.3) is 0 Å². The van der Waals surface area contributed by atoms with E-state index in [2.05, 4.69) is 10.3 Å². The maximum absolute atomic E-state index is 12.3. The summed E-state index contributed by atoms with van der Waals surface area (Å²) in [6, 6.07) is 6.57. The molecule has 2 aromatic rings. The lowest BCUT2D eigenvalue weighted by molar-refractivity contribution is -0.384. The van der Waals surface area contributed by atoms with Gasteiger partial charge in [-0.3, -0.25) is 14.9 Å². The normalized spacial score (nSPS) is 10.3. The van der Waals surface area contributed by atoms with Gasteiger partial charge in [0.1, 0.15) is 11.5 Å². The van der Waals surface area contributed by atoms with Crippen molar-refractivity contribution in [3.63, 3.8) is 0 Å². The van der Waals surface area contributed by atoms with Gasteiger partial charge in [0.15, 0.2) is 0 Å². The number of nitrogens with two attached hydrogens (primary N) is 1. The quantitative estimate of drug-likeness (QED) is 0.492. The van der Waals surface area contributed by atoms with Gasteiger partial charge in [-0.2, -0.15) is 0 Å². The number of benzene rings is 1. The van der Waals surface area contributed by atoms with Crippen LogP contribution in [0.15, 0.2) is 30.5 Å². The van der Waals surface area contributed by atoms with Crippen molar-refractivity contribution < 1.29 is 9.72 Å². The SMILES string of the molecule is Cc1cc(C(=O)NCc2ccc(N(C)C)nc2)c(N)c([N+](=O)[O-])c1. The highest BCUT2D eigenvalue weighted by Gasteiger charge is 2.20. The molecule has 0 spiro atoms. The largest absolute Gasteiger partial charge is 0.393 e. The Balaban J connectivity index is 2.14. The molecule has 0 aliphatic rings. The number of aromatic nitrogens is 1. The first-order valence-corrected chi connectivity index (χ1v) is 7.24. The molecule has 0 radical (unpaired) electrons. The fraction of sp³-hybridized carbons (Fsp3) is 0.250. The zero-order chi connectivity index (χ0) is 17.9. The minimum Gasteiger partial charge on any atom is -0.393 e. The second-order valence-electron chi connectivity index (χ2n) is 5.60. The fourth-order valence-corrected chi connectivity index (χ4v) is 2.18. The molecule has 0 bridgehead atoms. The van der Waals surface area contributed by atoms with Crippen LogP contribution in [0.5, 0.6) is 0 Å². The van der Waals surface area contributed by atoms with Crippen LogP contribution in [0.4, 0.5) is 17.2 Å². The first kappa shape index (κ1) is 17.2. The standard InChI is InChI=1S/C16H19N5O3/c1-10-6-12(15(17)13(7-10)21(23)24)16(22)19-9-11-4-5-14(18-8-11)20(2)3/h4-8H,9,17H2,1-3H3,(H,19,22). The van der Waals surface area contributed by atoms with Gasteiger partial charge in [0.05, 0.1) is 10.5 Å². The molecule has 0 fully saturated rings. The Hall–Kier alpha value is -3.16. The number of aryl methyl sites for hydroxylation is 1. The molecule has 3 N–H and O–H groups in total. The van der Waals surface area contributed by atoms with E-state index in [0.29, 0.717) is 5.56 Å². The molecule has 0 aliphatic carbocycles. The van der Waals surface area contributed by atoms with Crippen molar-refractivity contribution >= 4 is 23.1 Å². The van der Waals surface area contributed by atoms with E-state index in [1.165, 1.54) is 12.1 Å². The Bertz CT molecular complexity index is 772. The summed E-state index contributed by atoms with van der Waals surface area (Å²) in [5, 5.41) is 13.7. The van der Waals surface area contributed by atoms with E-state index in [1.807, 2.05) is 31.1 Å². The maximum Gasteiger partial charge on any atom is 0.293 e. The molecule has 8 nitrogen and oxygen atoms in total. The minimum atomic E-state index is -0.594. The molecule has 0 saturated carbocycles. The number of anilines is 2. The molecule has 0 unspecified atom stereocenters. The van der Waals surface area contributed by atoms with Crippen molar-refractivity contribution in [2.45, 2.75) is 13.5 Å². The smallest absolute Gasteiger partial charge is 0.293 e. The van der Waals surface area contributed by atoms with Crippen LogP contribution < -0.4 is 16.0 Å². The predicted molar refractivity (Wildman–Crippen MR) is 92.0 cm³/mol. The number of nitro benzene ring substituents is 1. The summed E-state index contributed by atoms with van der Waals surface area (Å²) in [4.78, 5) is 28.8. The van der Waals surface area contributed by atoms with Gasteiger partial charge in [0, 0.05) is 32.9 Å². The maximum atomic E-state index is 12.3. The van der Waals surface area contributed by atoms with Crippen LogP contribution in [0.1, 0.15) is 21.5 Å². The fourth-order valence-electron chi connectivity index (χ4n) is 2.18. The lowest BCUT2D eigenvalue weighted by Gasteiger charge is -2.12. The molecule has 0 aliphatic heterocycles. The molecule has 1 aromatic carbocycles. The summed E-state index contributed by atoms with van der Waals surface area (Å²) in [5.41, 5.74) is 6.86. The second kappa shape index (κ2) is 6.95. The van der Waals surface area contributed by atoms with Gasteiger partial charge in [-0.05, 0) is 30.2 Å². The molecule has 2 rings (SSSR count). The number of nitrogens with one attached hydrogen (secondary N) is 1. The molecule has 8 heteroatoms. The summed E-state index contributed by atoms with van der Waals surface area (Å²) in [5.74, 6) is 0.347. The number of pyridine rings is 1. The Morgan fingerprint density at radius 2 is 2.08 bits per heavy atom. The van der Waals surface area contributed by atoms with E-state index < -0.39 is 10.8 Å². The third-order valence-electron chi connectivity index (χ3n) is 3.46. The summed E-state index contributed by atoms with van der Waals surface area (Å²) in [6.07, 6.45) is 1.66. The molecule has 1 amide bonds. The molecule has 126 valence electrons. The number of nitrogens with zero attached hydrogens (tertiary/aromatic N) is 3. The van der Waals surface area contributed by atoms with Crippen molar-refractivity contribution in [2.75, 3.05) is 24.7 Å². The third kappa shape index (κ3) is 3.78. The molecule has 0 saturated heterocycles. The summed E-state index contributed by atoms with van der Waals surface area (Å²) < 4.78 is 0. The van der Waals surface area contributed by atoms with E-state index in [9.17, 15) is 14.9 Å². The van der Waals surface area contributed by atoms with Crippen molar-refractivity contribution in [3.8, 4) is 0 Å². The number of nitro groups is 1. The van der Waals surface area contributed by atoms with Gasteiger partial charge in [0.2, 0.25) is 0 Å². The Labute approximate surface area is 139 Å². The van der Waals surface area contributed by atoms with Crippen LogP contribution in [0.3, 0.4) is 0 Å². The summed E-state index contributed by atoms with van der Waals surface area (Å²) in [7, 11) is 3.77. The Morgan fingerprint density at radius 3 is 2.62 bits per heavy atom. The van der Waals surface area contributed by atoms with Gasteiger partial charge < -0.3 is 16.0 Å². The monoisotopic (exact) mass is 329 g/mol. The second-order valence-corrected chi connectivity index (χ2v) is 5.60. The molecule has 24 heavy (non-hydrogen) atoms. The zero-order valence-electron chi connectivity index (χ0n) is 13.7. The molecular weight excluding hydrogens is 310 g/mol. The average Bonchev–Trinajstić information content (AvgIpc) is 2.54. The van der Waals surface area contributed by atoms with E-state index in [0.717, 1.165) is 11.4 Å². The van der Waals surface area contributed by atoms with Crippen molar-refractivity contribution in [2.24, 2.45) is 0 Å². The molecule has 0 atom stereocenters. The summed E-state index contributed by atoms with van der Waals surface area (Å²) in [6.45, 7) is 1.92. The van der Waals surface area contributed by atoms with Gasteiger partial charge in [-0.1, -0.05) is 6.07 Å². The number of amides is 1. The zero-order valence-corrected chi connectivity index (χ0v) is 13.7. The van der Waals surface area contributed by atoms with Crippen LogP contribution in [-0.4, -0.2) is 29.9 Å². The molecule has 1 heterocycles. The average molecular weight is 329 g/mol. The molecular formula is C16H19N5O3. The topological polar surface area (TPSA) is 114 Å². The number of rotatable bonds is 5. The van der Waals surface area contributed by atoms with Crippen molar-refractivity contribution in [3.05, 3.63) is 57.3 Å². The van der Waals surface area contributed by atoms with E-state index in [4.69, 9.17) is 5.73 Å². The first-order chi connectivity index (χ1) is 11.3. The number of carbonyl (C=O) groups excluding carboxylic acids is 1. The van der Waals surface area contributed by atoms with Crippen LogP contribution in [0.2, 0.25) is 0 Å². The Morgan fingerprint density at radius 1 is 1.38 bits per heavy atom. The van der Waals surface area contributed by atoms with Gasteiger partial charge >= 0.3 is 0 Å². The summed E-state index contributed by atoms with van der Waals surface area (Å²) >= 11 is 0. The van der Waals surface area contributed by atoms with Gasteiger partial charge in [0.25, 0.3) is 11.6 Å². The van der Waals surface area contributed by atoms with Gasteiger partial charge in [-0.25, -0.2) is 4.98 Å². The molecule has 1 aromatic heterocycles. The number of nitrogen functional groups attached to an aromatic ring is 1. The highest BCUT2D eigenvalue weighted by Crippen LogP contribution is 2.27. The lowest BCUT2D eigenvalue weighted by Crippen LogP contribution is -2.24. The third-order valence-corrected chi connectivity index (χ3v) is 3.46. The van der Waals surface area contributed by atoms with Crippen molar-refractivity contribution in [1.82, 2.24) is 10.3 Å². The van der Waals surface area contributed by atoms with Crippen LogP contribution >= 0.6 is 0 Å². The lowest BCUT2D eigenvalue weighted by atomic mass is 10.1. The van der Waals surface area contributed by atoms with E-state index >= 15 is 0 Å². The van der Waals surface area contributed by atoms with Crippen LogP contribution in [-0.2, 0) is 6.54 Å². The number of hydrogen-bond donors (Lipinski definition) is 2. The van der Waals surface area contributed by atoms with Gasteiger partial charge in [-0.15, -0.1) is 0 Å². The first-order valence-electron chi connectivity index (χ1n) is 7.24. The van der Waals surface area contributed by atoms with E-state index in [1.54, 1.807) is 13.1 Å². The number of carbonyl (C=O) groups is 1. The van der Waals surface area contributed by atoms with E-state index in [-0.39, 0.29) is 23.5 Å². The highest BCUT2D eigenvalue weighted by atomic mass is 16.6. The predicted octanol–water partition coefficient (Wildman–Crippen LogP) is 1.88. The van der Waals surface area contributed by atoms with Crippen molar-refractivity contribution in [1.29, 1.82) is 0 Å².